The van der Waals surface area contributed by atoms with Gasteiger partial charge in [0.1, 0.15) is 6.10 Å². The van der Waals surface area contributed by atoms with Gasteiger partial charge in [0.25, 0.3) is 0 Å². The molecule has 0 spiro atoms. The van der Waals surface area contributed by atoms with Crippen LogP contribution in [0.25, 0.3) is 0 Å². The van der Waals surface area contributed by atoms with E-state index in [0.717, 1.165) is 13.8 Å². The first kappa shape index (κ1) is 22.3. The van der Waals surface area contributed by atoms with Gasteiger partial charge in [-0.3, -0.25) is 23.4 Å². The molecule has 1 fully saturated rings. The molecule has 6 atom stereocenters. The van der Waals surface area contributed by atoms with Gasteiger partial charge in [0.15, 0.2) is 24.6 Å². The van der Waals surface area contributed by atoms with Gasteiger partial charge >= 0.3 is 17.9 Å². The van der Waals surface area contributed by atoms with Crippen LogP contribution in [0.2, 0.25) is 0 Å². The van der Waals surface area contributed by atoms with Gasteiger partial charge in [-0.1, -0.05) is 0 Å². The second-order valence-electron chi connectivity index (χ2n) is 6.00. The number of rotatable bonds is 7. The van der Waals surface area contributed by atoms with Crippen molar-refractivity contribution < 1.29 is 42.3 Å². The van der Waals surface area contributed by atoms with Crippen LogP contribution in [-0.4, -0.2) is 71.9 Å². The molecule has 0 saturated carbocycles. The van der Waals surface area contributed by atoms with Crippen molar-refractivity contribution in [2.24, 2.45) is 0 Å². The third-order valence-corrected chi connectivity index (χ3v) is 4.54. The molecule has 0 aliphatic carbocycles. The molecule has 1 N–H and O–H groups in total. The first-order chi connectivity index (χ1) is 11.9. The molecular formula is C15H25NO9S. The van der Waals surface area contributed by atoms with Gasteiger partial charge in [-0.25, -0.2) is 0 Å². The van der Waals surface area contributed by atoms with Crippen molar-refractivity contribution in [1.82, 2.24) is 0 Å². The minimum atomic E-state index is -2.83. The zero-order chi connectivity index (χ0) is 20.1. The fourth-order valence-corrected chi connectivity index (χ4v) is 3.30. The zero-order valence-corrected chi connectivity index (χ0v) is 16.2. The van der Waals surface area contributed by atoms with E-state index >= 15 is 0 Å². The Morgan fingerprint density at radius 1 is 0.962 bits per heavy atom. The second-order valence-corrected chi connectivity index (χ2v) is 8.42. The summed E-state index contributed by atoms with van der Waals surface area (Å²) in [6.45, 7) is 3.49. The number of methoxy groups -OCH3 is 1. The Morgan fingerprint density at radius 2 is 1.42 bits per heavy atom. The normalized spacial score (nSPS) is 30.7. The summed E-state index contributed by atoms with van der Waals surface area (Å²) in [7, 11) is -1.52. The van der Waals surface area contributed by atoms with Crippen LogP contribution < -0.4 is 0 Å². The Labute approximate surface area is 152 Å². The lowest BCUT2D eigenvalue weighted by molar-refractivity contribution is -0.298. The lowest BCUT2D eigenvalue weighted by atomic mass is 9.96. The van der Waals surface area contributed by atoms with Crippen LogP contribution >= 0.6 is 0 Å². The second kappa shape index (κ2) is 9.28. The highest BCUT2D eigenvalue weighted by Gasteiger charge is 2.51. The SMILES string of the molecule is CO[C@H]1O[C@H](CCS(C)(=N)=O)[C@@H](OC(C)=O)[C@H](OC(C)=O)[C@@H]1OC(C)=O. The van der Waals surface area contributed by atoms with Gasteiger partial charge in [-0.15, -0.1) is 0 Å². The number of carbonyl (C=O) groups excluding carboxylic acids is 3. The van der Waals surface area contributed by atoms with Crippen molar-refractivity contribution in [3.63, 3.8) is 0 Å². The van der Waals surface area contributed by atoms with Crippen molar-refractivity contribution >= 4 is 27.6 Å². The number of nitrogens with one attached hydrogen (secondary N) is 1. The van der Waals surface area contributed by atoms with E-state index < -0.39 is 58.3 Å². The predicted molar refractivity (Wildman–Crippen MR) is 88.6 cm³/mol. The van der Waals surface area contributed by atoms with Crippen molar-refractivity contribution in [1.29, 1.82) is 4.78 Å². The standard InChI is InChI=1S/C15H25NO9S/c1-8(17)22-12-11(6-7-26(5,16)20)25-15(21-4)14(24-10(3)19)13(12)23-9(2)18/h11-16H,6-7H2,1-5H3/t11-,12-,13+,14+,15+,26?/m1/s1. The first-order valence-electron chi connectivity index (χ1n) is 7.86. The third kappa shape index (κ3) is 6.89. The van der Waals surface area contributed by atoms with Crippen molar-refractivity contribution in [2.75, 3.05) is 19.1 Å². The molecule has 11 heteroatoms. The Balaban J connectivity index is 3.23. The molecule has 150 valence electrons. The summed E-state index contributed by atoms with van der Waals surface area (Å²) in [6, 6.07) is 0. The van der Waals surface area contributed by atoms with Gasteiger partial charge in [-0.05, 0) is 6.42 Å². The molecule has 10 nitrogen and oxygen atoms in total. The van der Waals surface area contributed by atoms with Crippen LogP contribution in [0.5, 0.6) is 0 Å². The van der Waals surface area contributed by atoms with Crippen LogP contribution in [0.3, 0.4) is 0 Å². The molecule has 1 aliphatic heterocycles. The lowest BCUT2D eigenvalue weighted by Crippen LogP contribution is -2.61. The number of hydrogen-bond acceptors (Lipinski definition) is 10. The average Bonchev–Trinajstić information content (AvgIpc) is 2.47. The molecule has 0 aromatic heterocycles. The Hall–Kier alpha value is -1.72. The highest BCUT2D eigenvalue weighted by atomic mass is 32.2. The zero-order valence-electron chi connectivity index (χ0n) is 15.4. The van der Waals surface area contributed by atoms with E-state index in [9.17, 15) is 18.6 Å². The summed E-state index contributed by atoms with van der Waals surface area (Å²) < 4.78 is 45.7. The van der Waals surface area contributed by atoms with Gasteiger partial charge in [0.2, 0.25) is 0 Å². The van der Waals surface area contributed by atoms with Crippen LogP contribution in [0.15, 0.2) is 0 Å². The maximum absolute atomic E-state index is 11.7. The van der Waals surface area contributed by atoms with E-state index in [0.29, 0.717) is 0 Å². The Kier molecular flexibility index (Phi) is 7.97. The minimum Gasteiger partial charge on any atom is -0.456 e. The molecule has 1 heterocycles. The van der Waals surface area contributed by atoms with E-state index in [1.807, 2.05) is 0 Å². The summed E-state index contributed by atoms with van der Waals surface area (Å²) in [5, 5.41) is 0. The van der Waals surface area contributed by atoms with Crippen molar-refractivity contribution in [3.05, 3.63) is 0 Å². The van der Waals surface area contributed by atoms with Gasteiger partial charge in [-0.2, -0.15) is 0 Å². The summed E-state index contributed by atoms with van der Waals surface area (Å²) in [5.74, 6) is -2.04. The van der Waals surface area contributed by atoms with Crippen LogP contribution in [0, 0.1) is 4.78 Å². The van der Waals surface area contributed by atoms with Crippen molar-refractivity contribution in [2.45, 2.75) is 57.9 Å². The van der Waals surface area contributed by atoms with E-state index in [4.69, 9.17) is 28.5 Å². The lowest BCUT2D eigenvalue weighted by Gasteiger charge is -2.44. The summed E-state index contributed by atoms with van der Waals surface area (Å²) >= 11 is 0. The third-order valence-electron chi connectivity index (χ3n) is 3.52. The maximum Gasteiger partial charge on any atom is 0.303 e. The Bertz CT molecular complexity index is 633. The molecule has 0 aromatic rings. The van der Waals surface area contributed by atoms with Gasteiger partial charge < -0.3 is 23.7 Å². The van der Waals surface area contributed by atoms with Gasteiger partial charge in [0, 0.05) is 49.6 Å². The minimum absolute atomic E-state index is 0.0309. The quantitative estimate of drug-likeness (QED) is 0.474. The Morgan fingerprint density at radius 3 is 1.85 bits per heavy atom. The number of ether oxygens (including phenoxy) is 5. The summed E-state index contributed by atoms with van der Waals surface area (Å²) in [5.41, 5.74) is 0. The number of hydrogen-bond donors (Lipinski definition) is 1. The molecule has 0 amide bonds. The van der Waals surface area contributed by atoms with E-state index in [1.54, 1.807) is 0 Å². The maximum atomic E-state index is 11.7. The molecule has 0 aromatic carbocycles. The average molecular weight is 395 g/mol. The molecule has 26 heavy (non-hydrogen) atoms. The summed E-state index contributed by atoms with van der Waals surface area (Å²) in [6.07, 6.45) is -4.07. The molecule has 1 saturated heterocycles. The highest BCUT2D eigenvalue weighted by molar-refractivity contribution is 7.91. The van der Waals surface area contributed by atoms with Crippen LogP contribution in [-0.2, 0) is 47.8 Å². The number of esters is 3. The van der Waals surface area contributed by atoms with Gasteiger partial charge in [0.05, 0.1) is 0 Å². The smallest absolute Gasteiger partial charge is 0.303 e. The molecule has 1 unspecified atom stereocenters. The fraction of sp³-hybridized carbons (Fsp3) is 0.800. The van der Waals surface area contributed by atoms with E-state index in [2.05, 4.69) is 0 Å². The first-order valence-corrected chi connectivity index (χ1v) is 9.99. The molecule has 0 radical (unpaired) electrons. The number of carbonyl (C=O) groups is 3. The largest absolute Gasteiger partial charge is 0.456 e. The summed E-state index contributed by atoms with van der Waals surface area (Å²) in [4.78, 5) is 34.5. The van der Waals surface area contributed by atoms with Crippen LogP contribution in [0.1, 0.15) is 27.2 Å². The molecule has 0 bridgehead atoms. The fourth-order valence-electron chi connectivity index (χ4n) is 2.62. The van der Waals surface area contributed by atoms with Crippen molar-refractivity contribution in [3.8, 4) is 0 Å². The monoisotopic (exact) mass is 395 g/mol. The molecule has 1 rings (SSSR count). The molecule has 1 aliphatic rings. The topological polar surface area (TPSA) is 138 Å². The highest BCUT2D eigenvalue weighted by Crippen LogP contribution is 2.30. The van der Waals surface area contributed by atoms with E-state index in [-0.39, 0.29) is 12.2 Å². The van der Waals surface area contributed by atoms with Crippen LogP contribution in [0.4, 0.5) is 0 Å². The predicted octanol–water partition coefficient (Wildman–Crippen LogP) is 0.219. The molecular weight excluding hydrogens is 370 g/mol. The van der Waals surface area contributed by atoms with E-state index in [1.165, 1.54) is 20.3 Å².